The summed E-state index contributed by atoms with van der Waals surface area (Å²) in [6.07, 6.45) is 1.97. The van der Waals surface area contributed by atoms with Crippen LogP contribution < -0.4 is 10.0 Å². The second kappa shape index (κ2) is 5.64. The van der Waals surface area contributed by atoms with E-state index < -0.39 is 15.8 Å². The Bertz CT molecular complexity index is 530. The summed E-state index contributed by atoms with van der Waals surface area (Å²) >= 11 is 2.98. The van der Waals surface area contributed by atoms with Gasteiger partial charge in [0.1, 0.15) is 4.90 Å². The summed E-state index contributed by atoms with van der Waals surface area (Å²) in [4.78, 5) is -0.324. The molecule has 0 spiro atoms. The van der Waals surface area contributed by atoms with Gasteiger partial charge < -0.3 is 5.32 Å². The fourth-order valence-corrected chi connectivity index (χ4v) is 3.59. The lowest BCUT2D eigenvalue weighted by molar-refractivity contribution is 0.537. The van der Waals surface area contributed by atoms with Crippen molar-refractivity contribution >= 4 is 26.0 Å². The zero-order valence-corrected chi connectivity index (χ0v) is 12.0. The van der Waals surface area contributed by atoms with Crippen LogP contribution in [-0.2, 0) is 10.0 Å². The fraction of sp³-hybridized carbons (Fsp3) is 0.455. The average Bonchev–Trinajstić information content (AvgIpc) is 2.83. The Morgan fingerprint density at radius 3 is 2.94 bits per heavy atom. The van der Waals surface area contributed by atoms with Gasteiger partial charge in [-0.3, -0.25) is 0 Å². The van der Waals surface area contributed by atoms with Gasteiger partial charge in [0.25, 0.3) is 0 Å². The number of hydrogen-bond acceptors (Lipinski definition) is 3. The van der Waals surface area contributed by atoms with Crippen molar-refractivity contribution in [1.29, 1.82) is 0 Å². The summed E-state index contributed by atoms with van der Waals surface area (Å²) in [5.74, 6) is -0.760. The van der Waals surface area contributed by atoms with E-state index in [4.69, 9.17) is 0 Å². The van der Waals surface area contributed by atoms with E-state index in [0.717, 1.165) is 19.4 Å². The number of sulfonamides is 1. The zero-order valence-electron chi connectivity index (χ0n) is 9.62. The van der Waals surface area contributed by atoms with Gasteiger partial charge in [-0.1, -0.05) is 6.07 Å². The van der Waals surface area contributed by atoms with Gasteiger partial charge in [-0.2, -0.15) is 0 Å². The van der Waals surface area contributed by atoms with Gasteiger partial charge in [0.2, 0.25) is 10.0 Å². The maximum absolute atomic E-state index is 13.7. The monoisotopic (exact) mass is 336 g/mol. The normalized spacial score (nSPS) is 20.2. The van der Waals surface area contributed by atoms with Crippen molar-refractivity contribution in [2.75, 3.05) is 13.1 Å². The van der Waals surface area contributed by atoms with Crippen LogP contribution in [0.25, 0.3) is 0 Å². The fourth-order valence-electron chi connectivity index (χ4n) is 1.91. The standard InChI is InChI=1S/C11H14BrFN2O2S/c12-9-4-1-5-10(11(9)13)18(16,17)15-7-8-3-2-6-14-8/h1,4-5,8,14-15H,2-3,6-7H2. The van der Waals surface area contributed by atoms with Gasteiger partial charge in [0.15, 0.2) is 5.82 Å². The smallest absolute Gasteiger partial charge is 0.243 e. The predicted molar refractivity (Wildman–Crippen MR) is 70.3 cm³/mol. The van der Waals surface area contributed by atoms with Crippen molar-refractivity contribution in [1.82, 2.24) is 10.0 Å². The van der Waals surface area contributed by atoms with Crippen molar-refractivity contribution < 1.29 is 12.8 Å². The number of benzene rings is 1. The minimum Gasteiger partial charge on any atom is -0.313 e. The van der Waals surface area contributed by atoms with Crippen molar-refractivity contribution in [2.24, 2.45) is 0 Å². The first-order valence-electron chi connectivity index (χ1n) is 5.68. The van der Waals surface area contributed by atoms with Crippen LogP contribution in [0.1, 0.15) is 12.8 Å². The van der Waals surface area contributed by atoms with Gasteiger partial charge in [-0.15, -0.1) is 0 Å². The molecule has 100 valence electrons. The van der Waals surface area contributed by atoms with E-state index in [1.807, 2.05) is 0 Å². The molecule has 1 heterocycles. The van der Waals surface area contributed by atoms with Gasteiger partial charge in [0, 0.05) is 12.6 Å². The number of nitrogens with one attached hydrogen (secondary N) is 2. The highest BCUT2D eigenvalue weighted by atomic mass is 79.9. The lowest BCUT2D eigenvalue weighted by atomic mass is 10.2. The first kappa shape index (κ1) is 13.9. The van der Waals surface area contributed by atoms with Crippen LogP contribution in [0.2, 0.25) is 0 Å². The SMILES string of the molecule is O=S(=O)(NCC1CCCN1)c1cccc(Br)c1F. The van der Waals surface area contributed by atoms with E-state index in [1.165, 1.54) is 18.2 Å². The molecule has 1 aliphatic rings. The second-order valence-electron chi connectivity index (χ2n) is 4.20. The molecule has 7 heteroatoms. The third-order valence-corrected chi connectivity index (χ3v) is 4.94. The van der Waals surface area contributed by atoms with Crippen LogP contribution in [0.15, 0.2) is 27.6 Å². The summed E-state index contributed by atoms with van der Waals surface area (Å²) in [5, 5.41) is 3.18. The molecule has 0 bridgehead atoms. The van der Waals surface area contributed by atoms with E-state index in [9.17, 15) is 12.8 Å². The van der Waals surface area contributed by atoms with Gasteiger partial charge in [0.05, 0.1) is 4.47 Å². The molecule has 2 N–H and O–H groups in total. The summed E-state index contributed by atoms with van der Waals surface area (Å²) in [6.45, 7) is 1.19. The topological polar surface area (TPSA) is 58.2 Å². The number of rotatable bonds is 4. The van der Waals surface area contributed by atoms with Crippen molar-refractivity contribution in [2.45, 2.75) is 23.8 Å². The molecule has 1 aromatic rings. The predicted octanol–water partition coefficient (Wildman–Crippen LogP) is 1.62. The van der Waals surface area contributed by atoms with Crippen molar-refractivity contribution in [3.05, 3.63) is 28.5 Å². The summed E-state index contributed by atoms with van der Waals surface area (Å²) < 4.78 is 40.2. The molecule has 0 amide bonds. The molecular formula is C11H14BrFN2O2S. The summed E-state index contributed by atoms with van der Waals surface area (Å²) in [5.41, 5.74) is 0. The molecule has 1 unspecified atom stereocenters. The molecule has 1 aliphatic heterocycles. The highest BCUT2D eigenvalue weighted by Crippen LogP contribution is 2.22. The zero-order chi connectivity index (χ0) is 13.2. The lowest BCUT2D eigenvalue weighted by Crippen LogP contribution is -2.37. The van der Waals surface area contributed by atoms with Gasteiger partial charge >= 0.3 is 0 Å². The summed E-state index contributed by atoms with van der Waals surface area (Å²) in [6, 6.07) is 4.35. The minimum absolute atomic E-state index is 0.134. The summed E-state index contributed by atoms with van der Waals surface area (Å²) in [7, 11) is -3.80. The van der Waals surface area contributed by atoms with E-state index in [2.05, 4.69) is 26.0 Å². The van der Waals surface area contributed by atoms with E-state index >= 15 is 0 Å². The molecule has 1 saturated heterocycles. The molecule has 0 aromatic heterocycles. The Kier molecular flexibility index (Phi) is 4.37. The van der Waals surface area contributed by atoms with E-state index in [0.29, 0.717) is 0 Å². The lowest BCUT2D eigenvalue weighted by Gasteiger charge is -2.12. The Hall–Kier alpha value is -0.500. The van der Waals surface area contributed by atoms with E-state index in [1.54, 1.807) is 0 Å². The molecule has 0 aliphatic carbocycles. The van der Waals surface area contributed by atoms with Gasteiger partial charge in [-0.05, 0) is 47.4 Å². The first-order valence-corrected chi connectivity index (χ1v) is 7.95. The van der Waals surface area contributed by atoms with Crippen LogP contribution in [-0.4, -0.2) is 27.5 Å². The van der Waals surface area contributed by atoms with Crippen LogP contribution in [0, 0.1) is 5.82 Å². The molecule has 1 aromatic carbocycles. The molecule has 2 rings (SSSR count). The maximum atomic E-state index is 13.7. The quantitative estimate of drug-likeness (QED) is 0.878. The Balaban J connectivity index is 2.12. The third-order valence-electron chi connectivity index (χ3n) is 2.89. The molecule has 1 fully saturated rings. The molecule has 0 radical (unpaired) electrons. The van der Waals surface area contributed by atoms with Crippen LogP contribution in [0.5, 0.6) is 0 Å². The molecule has 18 heavy (non-hydrogen) atoms. The Morgan fingerprint density at radius 1 is 1.50 bits per heavy atom. The average molecular weight is 337 g/mol. The van der Waals surface area contributed by atoms with Crippen LogP contribution in [0.4, 0.5) is 4.39 Å². The molecule has 4 nitrogen and oxygen atoms in total. The first-order chi connectivity index (χ1) is 8.50. The van der Waals surface area contributed by atoms with Crippen LogP contribution >= 0.6 is 15.9 Å². The molecular weight excluding hydrogens is 323 g/mol. The molecule has 0 saturated carbocycles. The Labute approximate surface area is 114 Å². The maximum Gasteiger partial charge on any atom is 0.243 e. The number of halogens is 2. The van der Waals surface area contributed by atoms with Gasteiger partial charge in [-0.25, -0.2) is 17.5 Å². The molecule has 1 atom stereocenters. The minimum atomic E-state index is -3.80. The highest BCUT2D eigenvalue weighted by molar-refractivity contribution is 9.10. The van der Waals surface area contributed by atoms with E-state index in [-0.39, 0.29) is 22.0 Å². The Morgan fingerprint density at radius 2 is 2.28 bits per heavy atom. The van der Waals surface area contributed by atoms with Crippen LogP contribution in [0.3, 0.4) is 0 Å². The van der Waals surface area contributed by atoms with Crippen molar-refractivity contribution in [3.8, 4) is 0 Å². The van der Waals surface area contributed by atoms with Crippen molar-refractivity contribution in [3.63, 3.8) is 0 Å². The number of hydrogen-bond donors (Lipinski definition) is 2. The largest absolute Gasteiger partial charge is 0.313 e. The third kappa shape index (κ3) is 3.09. The highest BCUT2D eigenvalue weighted by Gasteiger charge is 2.22. The second-order valence-corrected chi connectivity index (χ2v) is 6.79.